The molecule has 1 heterocycles. The fourth-order valence-electron chi connectivity index (χ4n) is 3.40. The molecule has 0 bridgehead atoms. The van der Waals surface area contributed by atoms with Gasteiger partial charge in [-0.25, -0.2) is 0 Å². The van der Waals surface area contributed by atoms with E-state index in [-0.39, 0.29) is 17.4 Å². The van der Waals surface area contributed by atoms with Gasteiger partial charge in [0, 0.05) is 30.4 Å². The van der Waals surface area contributed by atoms with Gasteiger partial charge >= 0.3 is 0 Å². The van der Waals surface area contributed by atoms with Crippen LogP contribution >= 0.6 is 11.8 Å². The lowest BCUT2D eigenvalue weighted by Crippen LogP contribution is -2.13. The monoisotopic (exact) mass is 439 g/mol. The zero-order chi connectivity index (χ0) is 21.8. The maximum atomic E-state index is 12.7. The van der Waals surface area contributed by atoms with E-state index in [0.717, 1.165) is 24.6 Å². The summed E-state index contributed by atoms with van der Waals surface area (Å²) in [4.78, 5) is 24.2. The van der Waals surface area contributed by atoms with Crippen molar-refractivity contribution in [2.45, 2.75) is 41.8 Å². The SMILES string of the molecule is Cn1cnnc1Sc1ccc(C(=O)Nc2cccc(OC3CCCC3)c2)cc1[N+](=O)[O-]. The smallest absolute Gasteiger partial charge is 0.284 e. The maximum Gasteiger partial charge on any atom is 0.284 e. The van der Waals surface area contributed by atoms with Crippen molar-refractivity contribution in [1.82, 2.24) is 14.8 Å². The van der Waals surface area contributed by atoms with Crippen LogP contribution in [0.4, 0.5) is 11.4 Å². The number of hydrogen-bond acceptors (Lipinski definition) is 7. The molecule has 0 unspecified atom stereocenters. The van der Waals surface area contributed by atoms with E-state index in [1.54, 1.807) is 35.9 Å². The van der Waals surface area contributed by atoms with Gasteiger partial charge in [0.25, 0.3) is 11.6 Å². The molecule has 1 saturated carbocycles. The van der Waals surface area contributed by atoms with Gasteiger partial charge in [0.15, 0.2) is 5.16 Å². The number of nitro benzene ring substituents is 1. The van der Waals surface area contributed by atoms with Gasteiger partial charge in [-0.2, -0.15) is 0 Å². The molecule has 10 heteroatoms. The third-order valence-electron chi connectivity index (χ3n) is 4.99. The molecule has 3 aromatic rings. The van der Waals surface area contributed by atoms with Crippen molar-refractivity contribution in [2.75, 3.05) is 5.32 Å². The number of rotatable bonds is 7. The number of nitro groups is 1. The van der Waals surface area contributed by atoms with Crippen LogP contribution in [0.25, 0.3) is 0 Å². The van der Waals surface area contributed by atoms with E-state index in [9.17, 15) is 14.9 Å². The van der Waals surface area contributed by atoms with Crippen LogP contribution in [0.15, 0.2) is 58.8 Å². The number of anilines is 1. The summed E-state index contributed by atoms with van der Waals surface area (Å²) in [6.45, 7) is 0. The van der Waals surface area contributed by atoms with Crippen molar-refractivity contribution in [3.05, 3.63) is 64.5 Å². The van der Waals surface area contributed by atoms with Crippen molar-refractivity contribution in [1.29, 1.82) is 0 Å². The molecule has 0 aliphatic heterocycles. The highest BCUT2D eigenvalue weighted by molar-refractivity contribution is 7.99. The Hall–Kier alpha value is -3.40. The lowest BCUT2D eigenvalue weighted by molar-refractivity contribution is -0.387. The summed E-state index contributed by atoms with van der Waals surface area (Å²) in [7, 11) is 1.75. The van der Waals surface area contributed by atoms with Crippen molar-refractivity contribution >= 4 is 29.0 Å². The van der Waals surface area contributed by atoms with E-state index >= 15 is 0 Å². The minimum atomic E-state index is -0.508. The molecule has 31 heavy (non-hydrogen) atoms. The summed E-state index contributed by atoms with van der Waals surface area (Å²) < 4.78 is 7.64. The Kier molecular flexibility index (Phi) is 6.17. The van der Waals surface area contributed by atoms with E-state index in [1.165, 1.54) is 25.2 Å². The molecule has 4 rings (SSSR count). The van der Waals surface area contributed by atoms with Crippen molar-refractivity contribution in [2.24, 2.45) is 7.05 Å². The normalized spacial score (nSPS) is 13.8. The molecule has 1 aromatic heterocycles. The first-order valence-corrected chi connectivity index (χ1v) is 10.7. The van der Waals surface area contributed by atoms with Gasteiger partial charge in [-0.1, -0.05) is 6.07 Å². The number of aromatic nitrogens is 3. The van der Waals surface area contributed by atoms with Crippen LogP contribution < -0.4 is 10.1 Å². The van der Waals surface area contributed by atoms with Crippen LogP contribution in [0.5, 0.6) is 5.75 Å². The van der Waals surface area contributed by atoms with E-state index in [2.05, 4.69) is 15.5 Å². The van der Waals surface area contributed by atoms with Crippen LogP contribution in [0, 0.1) is 10.1 Å². The number of benzene rings is 2. The third-order valence-corrected chi connectivity index (χ3v) is 6.10. The molecular formula is C21H21N5O4S. The van der Waals surface area contributed by atoms with Crippen LogP contribution in [-0.4, -0.2) is 31.7 Å². The van der Waals surface area contributed by atoms with Gasteiger partial charge in [0.1, 0.15) is 12.1 Å². The largest absolute Gasteiger partial charge is 0.490 e. The van der Waals surface area contributed by atoms with E-state index < -0.39 is 10.8 Å². The van der Waals surface area contributed by atoms with E-state index in [1.807, 2.05) is 12.1 Å². The average molecular weight is 439 g/mol. The standard InChI is InChI=1S/C21H21N5O4S/c1-25-13-22-24-21(25)31-19-10-9-14(11-18(19)26(28)29)20(27)23-15-5-4-8-17(12-15)30-16-6-2-3-7-16/h4-5,8-13,16H,2-3,6-7H2,1H3,(H,23,27). The molecule has 2 aromatic carbocycles. The number of nitrogens with zero attached hydrogens (tertiary/aromatic N) is 4. The van der Waals surface area contributed by atoms with Gasteiger partial charge < -0.3 is 14.6 Å². The second-order valence-electron chi connectivity index (χ2n) is 7.27. The summed E-state index contributed by atoms with van der Waals surface area (Å²) >= 11 is 1.12. The number of carbonyl (C=O) groups is 1. The van der Waals surface area contributed by atoms with Crippen LogP contribution in [0.2, 0.25) is 0 Å². The topological polar surface area (TPSA) is 112 Å². The predicted molar refractivity (Wildman–Crippen MR) is 116 cm³/mol. The van der Waals surface area contributed by atoms with Crippen molar-refractivity contribution in [3.8, 4) is 5.75 Å². The van der Waals surface area contributed by atoms with Crippen molar-refractivity contribution < 1.29 is 14.5 Å². The van der Waals surface area contributed by atoms with Gasteiger partial charge in [0.05, 0.1) is 15.9 Å². The van der Waals surface area contributed by atoms with Crippen LogP contribution in [-0.2, 0) is 7.05 Å². The molecular weight excluding hydrogens is 418 g/mol. The highest BCUT2D eigenvalue weighted by Gasteiger charge is 2.21. The number of carbonyl (C=O) groups excluding carboxylic acids is 1. The van der Waals surface area contributed by atoms with E-state index in [0.29, 0.717) is 21.5 Å². The van der Waals surface area contributed by atoms with Crippen molar-refractivity contribution in [3.63, 3.8) is 0 Å². The zero-order valence-corrected chi connectivity index (χ0v) is 17.7. The fourth-order valence-corrected chi connectivity index (χ4v) is 4.25. The highest BCUT2D eigenvalue weighted by Crippen LogP contribution is 2.34. The highest BCUT2D eigenvalue weighted by atomic mass is 32.2. The van der Waals surface area contributed by atoms with E-state index in [4.69, 9.17) is 4.74 Å². The van der Waals surface area contributed by atoms with Crippen LogP contribution in [0.1, 0.15) is 36.0 Å². The Morgan fingerprint density at radius 1 is 1.26 bits per heavy atom. The second kappa shape index (κ2) is 9.17. The molecule has 9 nitrogen and oxygen atoms in total. The number of aryl methyl sites for hydroxylation is 1. The molecule has 0 saturated heterocycles. The molecule has 1 amide bonds. The first-order chi connectivity index (χ1) is 15.0. The maximum absolute atomic E-state index is 12.7. The Morgan fingerprint density at radius 2 is 2.06 bits per heavy atom. The molecule has 0 atom stereocenters. The average Bonchev–Trinajstić information content (AvgIpc) is 3.40. The lowest BCUT2D eigenvalue weighted by Gasteiger charge is -2.14. The predicted octanol–water partition coefficient (Wildman–Crippen LogP) is 4.45. The number of hydrogen-bond donors (Lipinski definition) is 1. The van der Waals surface area contributed by atoms with Gasteiger partial charge in [-0.05, 0) is 61.7 Å². The van der Waals surface area contributed by atoms with Gasteiger partial charge in [-0.15, -0.1) is 10.2 Å². The summed E-state index contributed by atoms with van der Waals surface area (Å²) in [6.07, 6.45) is 6.15. The Balaban J connectivity index is 1.50. The number of amides is 1. The molecule has 1 fully saturated rings. The number of ether oxygens (including phenoxy) is 1. The molecule has 1 aliphatic rings. The Morgan fingerprint density at radius 3 is 2.77 bits per heavy atom. The molecule has 1 N–H and O–H groups in total. The third kappa shape index (κ3) is 5.02. The molecule has 160 valence electrons. The summed E-state index contributed by atoms with van der Waals surface area (Å²) in [5, 5.41) is 22.6. The Labute approximate surface area is 183 Å². The first-order valence-electron chi connectivity index (χ1n) is 9.88. The minimum absolute atomic E-state index is 0.168. The van der Waals surface area contributed by atoms with Gasteiger partial charge in [-0.3, -0.25) is 14.9 Å². The number of nitrogens with one attached hydrogen (secondary N) is 1. The minimum Gasteiger partial charge on any atom is -0.490 e. The summed E-state index contributed by atoms with van der Waals surface area (Å²) in [5.74, 6) is 0.266. The second-order valence-corrected chi connectivity index (χ2v) is 8.28. The van der Waals surface area contributed by atoms with Crippen LogP contribution in [0.3, 0.4) is 0 Å². The molecule has 0 spiro atoms. The molecule has 1 aliphatic carbocycles. The Bertz CT molecular complexity index is 1110. The summed E-state index contributed by atoms with van der Waals surface area (Å²) in [6, 6.07) is 11.6. The van der Waals surface area contributed by atoms with Gasteiger partial charge in [0.2, 0.25) is 0 Å². The zero-order valence-electron chi connectivity index (χ0n) is 16.9. The molecule has 0 radical (unpaired) electrons. The summed E-state index contributed by atoms with van der Waals surface area (Å²) in [5.41, 5.74) is 0.593. The first kappa shape index (κ1) is 20.9. The lowest BCUT2D eigenvalue weighted by atomic mass is 10.2. The fraction of sp³-hybridized carbons (Fsp3) is 0.286. The quantitative estimate of drug-likeness (QED) is 0.427.